The zero-order valence-electron chi connectivity index (χ0n) is 12.8. The molecule has 0 fully saturated rings. The SMILES string of the molecule is COc1ccc(C[C@H](Oc2cccc(Cl)c2)C(=O)O)c(OC)c1. The van der Waals surface area contributed by atoms with E-state index in [0.717, 1.165) is 0 Å². The lowest BCUT2D eigenvalue weighted by Crippen LogP contribution is -2.29. The van der Waals surface area contributed by atoms with E-state index in [2.05, 4.69) is 0 Å². The fourth-order valence-electron chi connectivity index (χ4n) is 2.10. The number of methoxy groups -OCH3 is 2. The monoisotopic (exact) mass is 336 g/mol. The Morgan fingerprint density at radius 1 is 1.13 bits per heavy atom. The number of hydrogen-bond donors (Lipinski definition) is 1. The fraction of sp³-hybridized carbons (Fsp3) is 0.235. The van der Waals surface area contributed by atoms with Crippen molar-refractivity contribution in [3.63, 3.8) is 0 Å². The van der Waals surface area contributed by atoms with Gasteiger partial charge in [0, 0.05) is 17.5 Å². The number of aliphatic carboxylic acids is 1. The molecule has 0 bridgehead atoms. The molecule has 6 heteroatoms. The van der Waals surface area contributed by atoms with E-state index in [1.54, 1.807) is 49.6 Å². The van der Waals surface area contributed by atoms with Gasteiger partial charge in [-0.2, -0.15) is 0 Å². The Morgan fingerprint density at radius 2 is 1.91 bits per heavy atom. The molecule has 0 aromatic heterocycles. The molecule has 2 aromatic carbocycles. The number of carboxylic acid groups (broad SMARTS) is 1. The summed E-state index contributed by atoms with van der Waals surface area (Å²) in [7, 11) is 3.07. The van der Waals surface area contributed by atoms with Gasteiger partial charge in [0.2, 0.25) is 0 Å². The highest BCUT2D eigenvalue weighted by molar-refractivity contribution is 6.30. The normalized spacial score (nSPS) is 11.6. The van der Waals surface area contributed by atoms with Crippen molar-refractivity contribution in [2.75, 3.05) is 14.2 Å². The van der Waals surface area contributed by atoms with Gasteiger partial charge in [0.25, 0.3) is 0 Å². The minimum Gasteiger partial charge on any atom is -0.497 e. The summed E-state index contributed by atoms with van der Waals surface area (Å²) in [6.45, 7) is 0. The lowest BCUT2D eigenvalue weighted by Gasteiger charge is -2.17. The number of carboxylic acids is 1. The van der Waals surface area contributed by atoms with E-state index in [4.69, 9.17) is 25.8 Å². The maximum absolute atomic E-state index is 11.5. The molecule has 2 rings (SSSR count). The first kappa shape index (κ1) is 17.0. The van der Waals surface area contributed by atoms with Crippen molar-refractivity contribution in [1.29, 1.82) is 0 Å². The van der Waals surface area contributed by atoms with Crippen LogP contribution in [-0.2, 0) is 11.2 Å². The van der Waals surface area contributed by atoms with Crippen LogP contribution in [0.4, 0.5) is 0 Å². The highest BCUT2D eigenvalue weighted by atomic mass is 35.5. The number of carbonyl (C=O) groups is 1. The molecule has 5 nitrogen and oxygen atoms in total. The summed E-state index contributed by atoms with van der Waals surface area (Å²) in [5.41, 5.74) is 0.711. The zero-order chi connectivity index (χ0) is 16.8. The maximum Gasteiger partial charge on any atom is 0.345 e. The molecule has 2 aromatic rings. The van der Waals surface area contributed by atoms with Gasteiger partial charge in [0.05, 0.1) is 14.2 Å². The summed E-state index contributed by atoms with van der Waals surface area (Å²) in [4.78, 5) is 11.5. The second-order valence-corrected chi connectivity index (χ2v) is 5.22. The highest BCUT2D eigenvalue weighted by Crippen LogP contribution is 2.27. The second-order valence-electron chi connectivity index (χ2n) is 4.78. The van der Waals surface area contributed by atoms with E-state index >= 15 is 0 Å². The molecular formula is C17H17ClO5. The van der Waals surface area contributed by atoms with Crippen LogP contribution in [0.2, 0.25) is 5.02 Å². The van der Waals surface area contributed by atoms with Gasteiger partial charge in [-0.3, -0.25) is 0 Å². The third-order valence-corrected chi connectivity index (χ3v) is 3.48. The molecule has 0 heterocycles. The van der Waals surface area contributed by atoms with Gasteiger partial charge >= 0.3 is 5.97 Å². The number of halogens is 1. The minimum atomic E-state index is -1.07. The van der Waals surface area contributed by atoms with Crippen molar-refractivity contribution in [2.24, 2.45) is 0 Å². The van der Waals surface area contributed by atoms with Gasteiger partial charge in [0.1, 0.15) is 17.2 Å². The van der Waals surface area contributed by atoms with Crippen molar-refractivity contribution >= 4 is 17.6 Å². The van der Waals surface area contributed by atoms with Crippen molar-refractivity contribution in [3.8, 4) is 17.2 Å². The third-order valence-electron chi connectivity index (χ3n) is 3.25. The van der Waals surface area contributed by atoms with E-state index in [-0.39, 0.29) is 6.42 Å². The second kappa shape index (κ2) is 7.74. The summed E-state index contributed by atoms with van der Waals surface area (Å²) in [6, 6.07) is 11.8. The van der Waals surface area contributed by atoms with E-state index in [0.29, 0.717) is 27.8 Å². The van der Waals surface area contributed by atoms with Gasteiger partial charge in [-0.1, -0.05) is 23.7 Å². The molecule has 0 aliphatic carbocycles. The Bertz CT molecular complexity index is 686. The molecule has 0 spiro atoms. The lowest BCUT2D eigenvalue weighted by molar-refractivity contribution is -0.145. The summed E-state index contributed by atoms with van der Waals surface area (Å²) in [5.74, 6) is 0.513. The van der Waals surface area contributed by atoms with E-state index < -0.39 is 12.1 Å². The topological polar surface area (TPSA) is 65.0 Å². The van der Waals surface area contributed by atoms with Gasteiger partial charge in [-0.05, 0) is 29.8 Å². The summed E-state index contributed by atoms with van der Waals surface area (Å²) >= 11 is 5.89. The van der Waals surface area contributed by atoms with E-state index in [1.165, 1.54) is 7.11 Å². The summed E-state index contributed by atoms with van der Waals surface area (Å²) in [5, 5.41) is 9.89. The van der Waals surface area contributed by atoms with Crippen molar-refractivity contribution < 1.29 is 24.1 Å². The molecule has 0 saturated carbocycles. The number of benzene rings is 2. The Hall–Kier alpha value is -2.40. The van der Waals surface area contributed by atoms with Crippen LogP contribution in [0.25, 0.3) is 0 Å². The first-order valence-corrected chi connectivity index (χ1v) is 7.27. The van der Waals surface area contributed by atoms with Crippen LogP contribution in [0.1, 0.15) is 5.56 Å². The minimum absolute atomic E-state index is 0.148. The maximum atomic E-state index is 11.5. The number of ether oxygens (including phenoxy) is 3. The van der Waals surface area contributed by atoms with Crippen molar-refractivity contribution in [2.45, 2.75) is 12.5 Å². The van der Waals surface area contributed by atoms with Crippen LogP contribution < -0.4 is 14.2 Å². The molecule has 0 amide bonds. The molecule has 0 saturated heterocycles. The van der Waals surface area contributed by atoms with Gasteiger partial charge in [0.15, 0.2) is 6.10 Å². The largest absolute Gasteiger partial charge is 0.497 e. The lowest BCUT2D eigenvalue weighted by atomic mass is 10.1. The summed E-state index contributed by atoms with van der Waals surface area (Å²) < 4.78 is 16.0. The molecular weight excluding hydrogens is 320 g/mol. The van der Waals surface area contributed by atoms with Crippen molar-refractivity contribution in [1.82, 2.24) is 0 Å². The van der Waals surface area contributed by atoms with Gasteiger partial charge in [-0.25, -0.2) is 4.79 Å². The molecule has 23 heavy (non-hydrogen) atoms. The van der Waals surface area contributed by atoms with Crippen LogP contribution in [0.3, 0.4) is 0 Å². The van der Waals surface area contributed by atoms with Crippen LogP contribution in [0, 0.1) is 0 Å². The standard InChI is InChI=1S/C17H17ClO5/c1-21-13-7-6-11(15(10-13)22-2)8-16(17(19)20)23-14-5-3-4-12(18)9-14/h3-7,9-10,16H,8H2,1-2H3,(H,19,20)/t16-/m0/s1. The Labute approximate surface area is 139 Å². The fourth-order valence-corrected chi connectivity index (χ4v) is 2.28. The smallest absolute Gasteiger partial charge is 0.345 e. The zero-order valence-corrected chi connectivity index (χ0v) is 13.5. The predicted octanol–water partition coefficient (Wildman–Crippen LogP) is 3.43. The van der Waals surface area contributed by atoms with Crippen molar-refractivity contribution in [3.05, 3.63) is 53.1 Å². The van der Waals surface area contributed by atoms with Crippen LogP contribution >= 0.6 is 11.6 Å². The average Bonchev–Trinajstić information content (AvgIpc) is 2.54. The molecule has 0 aliphatic heterocycles. The first-order chi connectivity index (χ1) is 11.0. The van der Waals surface area contributed by atoms with Crippen LogP contribution in [0.15, 0.2) is 42.5 Å². The quantitative estimate of drug-likeness (QED) is 0.839. The third kappa shape index (κ3) is 4.53. The van der Waals surface area contributed by atoms with Gasteiger partial charge in [-0.15, -0.1) is 0 Å². The predicted molar refractivity (Wildman–Crippen MR) is 86.8 cm³/mol. The number of hydrogen-bond acceptors (Lipinski definition) is 4. The molecule has 0 radical (unpaired) electrons. The molecule has 1 N–H and O–H groups in total. The Kier molecular flexibility index (Phi) is 5.71. The highest BCUT2D eigenvalue weighted by Gasteiger charge is 2.22. The Morgan fingerprint density at radius 3 is 2.52 bits per heavy atom. The first-order valence-electron chi connectivity index (χ1n) is 6.89. The van der Waals surface area contributed by atoms with Gasteiger partial charge < -0.3 is 19.3 Å². The summed E-state index contributed by atoms with van der Waals surface area (Å²) in [6.07, 6.45) is -0.912. The molecule has 1 atom stereocenters. The Balaban J connectivity index is 2.21. The van der Waals surface area contributed by atoms with E-state index in [1.807, 2.05) is 0 Å². The van der Waals surface area contributed by atoms with Crippen LogP contribution in [-0.4, -0.2) is 31.4 Å². The number of rotatable bonds is 7. The molecule has 0 aliphatic rings. The van der Waals surface area contributed by atoms with E-state index in [9.17, 15) is 9.90 Å². The molecule has 122 valence electrons. The van der Waals surface area contributed by atoms with Crippen LogP contribution in [0.5, 0.6) is 17.2 Å². The average molecular weight is 337 g/mol. The molecule has 0 unspecified atom stereocenters.